The molecule has 3 heterocycles. The molecule has 0 bridgehead atoms. The zero-order chi connectivity index (χ0) is 18.6. The third-order valence-electron chi connectivity index (χ3n) is 4.48. The number of nitrogens with zero attached hydrogens (tertiary/aromatic N) is 3. The number of anilines is 1. The number of carbonyl (C=O) groups is 1. The highest BCUT2D eigenvalue weighted by Crippen LogP contribution is 2.24. The lowest BCUT2D eigenvalue weighted by molar-refractivity contribution is 0.202. The van der Waals surface area contributed by atoms with Crippen molar-refractivity contribution in [3.05, 3.63) is 71.4 Å². The molecule has 138 valence electrons. The highest BCUT2D eigenvalue weighted by Gasteiger charge is 2.27. The fraction of sp³-hybridized carbons (Fsp3) is 0.250. The molecule has 1 N–H and O–H groups in total. The van der Waals surface area contributed by atoms with Gasteiger partial charge in [0.05, 0.1) is 12.7 Å². The van der Waals surface area contributed by atoms with E-state index in [2.05, 4.69) is 15.5 Å². The van der Waals surface area contributed by atoms with E-state index in [1.165, 1.54) is 0 Å². The van der Waals surface area contributed by atoms with E-state index in [1.807, 2.05) is 43.3 Å². The Morgan fingerprint density at radius 3 is 3.07 bits per heavy atom. The average molecular weight is 364 g/mol. The molecule has 4 rings (SSSR count). The number of aryl methyl sites for hydroxylation is 1. The number of nitrogens with one attached hydrogen (secondary N) is 1. The van der Waals surface area contributed by atoms with Gasteiger partial charge in [0.25, 0.3) is 0 Å². The van der Waals surface area contributed by atoms with E-state index in [1.54, 1.807) is 17.3 Å². The van der Waals surface area contributed by atoms with Gasteiger partial charge in [-0.1, -0.05) is 17.3 Å². The van der Waals surface area contributed by atoms with E-state index in [9.17, 15) is 4.79 Å². The summed E-state index contributed by atoms with van der Waals surface area (Å²) in [4.78, 5) is 18.4. The zero-order valence-corrected chi connectivity index (χ0v) is 15.0. The van der Waals surface area contributed by atoms with Gasteiger partial charge in [-0.2, -0.15) is 0 Å². The molecule has 2 amide bonds. The fourth-order valence-electron chi connectivity index (χ4n) is 3.06. The Kier molecular flexibility index (Phi) is 4.74. The minimum absolute atomic E-state index is 0.133. The lowest BCUT2D eigenvalue weighted by Crippen LogP contribution is -2.38. The molecule has 2 aromatic heterocycles. The Hall–Kier alpha value is -3.35. The van der Waals surface area contributed by atoms with Gasteiger partial charge >= 0.3 is 6.03 Å². The Morgan fingerprint density at radius 1 is 1.33 bits per heavy atom. The van der Waals surface area contributed by atoms with Crippen LogP contribution in [0.25, 0.3) is 0 Å². The second-order valence-corrected chi connectivity index (χ2v) is 6.48. The predicted octanol–water partition coefficient (Wildman–Crippen LogP) is 3.55. The SMILES string of the molecule is Cc1cccc(NC(=O)N2CCc3onc(COc4cccnc4)c3C2)c1. The molecule has 27 heavy (non-hydrogen) atoms. The van der Waals surface area contributed by atoms with E-state index in [-0.39, 0.29) is 12.6 Å². The number of ether oxygens (including phenoxy) is 1. The predicted molar refractivity (Wildman–Crippen MR) is 99.4 cm³/mol. The summed E-state index contributed by atoms with van der Waals surface area (Å²) in [5.41, 5.74) is 3.52. The van der Waals surface area contributed by atoms with Gasteiger partial charge in [0.1, 0.15) is 23.8 Å². The van der Waals surface area contributed by atoms with Crippen molar-refractivity contribution in [1.29, 1.82) is 0 Å². The molecule has 0 unspecified atom stereocenters. The molecule has 0 spiro atoms. The maximum absolute atomic E-state index is 12.6. The van der Waals surface area contributed by atoms with Gasteiger partial charge in [0.2, 0.25) is 0 Å². The van der Waals surface area contributed by atoms with Crippen LogP contribution >= 0.6 is 0 Å². The number of fused-ring (bicyclic) bond motifs is 1. The van der Waals surface area contributed by atoms with Gasteiger partial charge in [0, 0.05) is 30.4 Å². The largest absolute Gasteiger partial charge is 0.486 e. The van der Waals surface area contributed by atoms with Gasteiger partial charge in [-0.3, -0.25) is 4.98 Å². The Balaban J connectivity index is 1.43. The number of carbonyl (C=O) groups excluding carboxylic acids is 1. The first-order valence-electron chi connectivity index (χ1n) is 8.81. The lowest BCUT2D eigenvalue weighted by Gasteiger charge is -2.26. The second-order valence-electron chi connectivity index (χ2n) is 6.48. The van der Waals surface area contributed by atoms with E-state index in [0.29, 0.717) is 31.0 Å². The molecular formula is C20H20N4O3. The van der Waals surface area contributed by atoms with Crippen molar-refractivity contribution in [1.82, 2.24) is 15.0 Å². The van der Waals surface area contributed by atoms with Crippen LogP contribution in [0.4, 0.5) is 10.5 Å². The Morgan fingerprint density at radius 2 is 2.26 bits per heavy atom. The molecule has 0 fully saturated rings. The molecule has 0 radical (unpaired) electrons. The summed E-state index contributed by atoms with van der Waals surface area (Å²) >= 11 is 0. The third kappa shape index (κ3) is 3.92. The van der Waals surface area contributed by atoms with E-state index in [4.69, 9.17) is 9.26 Å². The standard InChI is InChI=1S/C20H20N4O3/c1-14-4-2-5-15(10-14)22-20(25)24-9-7-19-17(12-24)18(23-27-19)13-26-16-6-3-8-21-11-16/h2-6,8,10-11H,7,9,12-13H2,1H3,(H,22,25). The minimum atomic E-state index is -0.133. The van der Waals surface area contributed by atoms with Crippen molar-refractivity contribution in [2.24, 2.45) is 0 Å². The van der Waals surface area contributed by atoms with Gasteiger partial charge < -0.3 is 19.5 Å². The summed E-state index contributed by atoms with van der Waals surface area (Å²) in [6.45, 7) is 3.30. The van der Waals surface area contributed by atoms with Crippen LogP contribution < -0.4 is 10.1 Å². The summed E-state index contributed by atoms with van der Waals surface area (Å²) < 4.78 is 11.2. The van der Waals surface area contributed by atoms with Crippen LogP contribution in [0.5, 0.6) is 5.75 Å². The molecule has 0 saturated heterocycles. The van der Waals surface area contributed by atoms with Crippen LogP contribution in [0.15, 0.2) is 53.3 Å². The summed E-state index contributed by atoms with van der Waals surface area (Å²) in [7, 11) is 0. The first kappa shape index (κ1) is 17.1. The van der Waals surface area contributed by atoms with Crippen molar-refractivity contribution in [2.45, 2.75) is 26.5 Å². The molecule has 7 nitrogen and oxygen atoms in total. The molecule has 0 aliphatic carbocycles. The van der Waals surface area contributed by atoms with Gasteiger partial charge in [-0.05, 0) is 36.8 Å². The fourth-order valence-corrected chi connectivity index (χ4v) is 3.06. The van der Waals surface area contributed by atoms with Crippen molar-refractivity contribution in [2.75, 3.05) is 11.9 Å². The van der Waals surface area contributed by atoms with Gasteiger partial charge in [-0.15, -0.1) is 0 Å². The van der Waals surface area contributed by atoms with Crippen LogP contribution in [0.2, 0.25) is 0 Å². The van der Waals surface area contributed by atoms with Gasteiger partial charge in [-0.25, -0.2) is 4.79 Å². The third-order valence-corrected chi connectivity index (χ3v) is 4.48. The topological polar surface area (TPSA) is 80.5 Å². The number of pyridine rings is 1. The highest BCUT2D eigenvalue weighted by molar-refractivity contribution is 5.89. The van der Waals surface area contributed by atoms with Crippen LogP contribution in [0.1, 0.15) is 22.6 Å². The first-order chi connectivity index (χ1) is 13.2. The summed E-state index contributed by atoms with van der Waals surface area (Å²) in [6, 6.07) is 11.3. The van der Waals surface area contributed by atoms with Crippen LogP contribution in [-0.2, 0) is 19.6 Å². The molecule has 1 aromatic carbocycles. The quantitative estimate of drug-likeness (QED) is 0.766. The van der Waals surface area contributed by atoms with Crippen LogP contribution in [0, 0.1) is 6.92 Å². The van der Waals surface area contributed by atoms with Crippen molar-refractivity contribution in [3.63, 3.8) is 0 Å². The number of hydrogen-bond acceptors (Lipinski definition) is 5. The summed E-state index contributed by atoms with van der Waals surface area (Å²) in [5, 5.41) is 7.07. The smallest absolute Gasteiger partial charge is 0.322 e. The van der Waals surface area contributed by atoms with Gasteiger partial charge in [0.15, 0.2) is 0 Å². The summed E-state index contributed by atoms with van der Waals surface area (Å²) in [6.07, 6.45) is 3.97. The lowest BCUT2D eigenvalue weighted by atomic mass is 10.1. The number of rotatable bonds is 4. The maximum Gasteiger partial charge on any atom is 0.322 e. The molecule has 0 atom stereocenters. The molecule has 1 aliphatic rings. The Bertz CT molecular complexity index is 939. The molecule has 3 aromatic rings. The van der Waals surface area contributed by atoms with Crippen LogP contribution in [-0.4, -0.2) is 27.6 Å². The normalized spacial score (nSPS) is 13.1. The van der Waals surface area contributed by atoms with Crippen LogP contribution in [0.3, 0.4) is 0 Å². The number of benzene rings is 1. The maximum atomic E-state index is 12.6. The molecular weight excluding hydrogens is 344 g/mol. The second kappa shape index (κ2) is 7.49. The van der Waals surface area contributed by atoms with E-state index < -0.39 is 0 Å². The first-order valence-corrected chi connectivity index (χ1v) is 8.81. The van der Waals surface area contributed by atoms with Crippen molar-refractivity contribution in [3.8, 4) is 5.75 Å². The number of urea groups is 1. The highest BCUT2D eigenvalue weighted by atomic mass is 16.5. The van der Waals surface area contributed by atoms with Crippen molar-refractivity contribution >= 4 is 11.7 Å². The molecule has 7 heteroatoms. The monoisotopic (exact) mass is 364 g/mol. The Labute approximate surface area is 156 Å². The van der Waals surface area contributed by atoms with Crippen molar-refractivity contribution < 1.29 is 14.1 Å². The molecule has 1 aliphatic heterocycles. The number of amides is 2. The number of aromatic nitrogens is 2. The zero-order valence-electron chi connectivity index (χ0n) is 15.0. The average Bonchev–Trinajstić information content (AvgIpc) is 3.09. The molecule has 0 saturated carbocycles. The van der Waals surface area contributed by atoms with E-state index >= 15 is 0 Å². The minimum Gasteiger partial charge on any atom is -0.486 e. The summed E-state index contributed by atoms with van der Waals surface area (Å²) in [5.74, 6) is 1.48. The van der Waals surface area contributed by atoms with E-state index in [0.717, 1.165) is 22.6 Å². The number of hydrogen-bond donors (Lipinski definition) is 1.